The number of carbonyl (C=O) groups is 2. The Morgan fingerprint density at radius 2 is 2.00 bits per heavy atom. The first kappa shape index (κ1) is 22.9. The van der Waals surface area contributed by atoms with Crippen molar-refractivity contribution < 1.29 is 18.0 Å². The Bertz CT molecular complexity index is 1160. The zero-order valence-corrected chi connectivity index (χ0v) is 19.9. The molecule has 0 saturated carbocycles. The molecule has 2 aromatic carbocycles. The van der Waals surface area contributed by atoms with Crippen LogP contribution < -0.4 is 10.0 Å². The molecule has 2 amide bonds. The molecular weight excluding hydrogens is 470 g/mol. The van der Waals surface area contributed by atoms with E-state index in [0.29, 0.717) is 27.7 Å². The molecule has 1 unspecified atom stereocenters. The Hall–Kier alpha value is -2.23. The number of anilines is 2. The number of hydrogen-bond donors (Lipinski definition) is 2. The fourth-order valence-corrected chi connectivity index (χ4v) is 6.18. The van der Waals surface area contributed by atoms with Gasteiger partial charge in [-0.3, -0.25) is 14.3 Å². The summed E-state index contributed by atoms with van der Waals surface area (Å²) in [7, 11) is -3.89. The molecular formula is C22H24ClN3O4S2. The van der Waals surface area contributed by atoms with Crippen molar-refractivity contribution in [3.8, 4) is 0 Å². The standard InChI is InChI=1S/C22H24ClN3O4S2/c1-14-17(23)5-4-6-18(14)25-32(29,30)16-7-8-20-19(12-16)24-22(28)15(13-31-20)11-21(27)26-9-2-3-10-26/h4-8,12,15,25H,2-3,9-11,13H2,1H3,(H,24,28). The molecule has 170 valence electrons. The molecule has 10 heteroatoms. The van der Waals surface area contributed by atoms with Crippen LogP contribution in [0.2, 0.25) is 5.02 Å². The number of rotatable bonds is 5. The van der Waals surface area contributed by atoms with Crippen LogP contribution >= 0.6 is 23.4 Å². The second-order valence-corrected chi connectivity index (χ2v) is 11.1. The van der Waals surface area contributed by atoms with Crippen LogP contribution in [-0.4, -0.2) is 44.0 Å². The van der Waals surface area contributed by atoms with Gasteiger partial charge in [0, 0.05) is 35.2 Å². The maximum atomic E-state index is 13.0. The molecule has 0 bridgehead atoms. The van der Waals surface area contributed by atoms with Crippen molar-refractivity contribution in [2.24, 2.45) is 5.92 Å². The van der Waals surface area contributed by atoms with E-state index in [1.807, 2.05) is 4.90 Å². The van der Waals surface area contributed by atoms with Crippen LogP contribution in [0.1, 0.15) is 24.8 Å². The summed E-state index contributed by atoms with van der Waals surface area (Å²) in [4.78, 5) is 27.9. The average Bonchev–Trinajstić information content (AvgIpc) is 3.25. The van der Waals surface area contributed by atoms with Gasteiger partial charge >= 0.3 is 0 Å². The number of nitrogens with zero attached hydrogens (tertiary/aromatic N) is 1. The minimum Gasteiger partial charge on any atom is -0.343 e. The number of nitrogens with one attached hydrogen (secondary N) is 2. The Morgan fingerprint density at radius 3 is 2.75 bits per heavy atom. The molecule has 2 aromatic rings. The van der Waals surface area contributed by atoms with Crippen LogP contribution in [0.25, 0.3) is 0 Å². The molecule has 1 saturated heterocycles. The topological polar surface area (TPSA) is 95.6 Å². The lowest BCUT2D eigenvalue weighted by atomic mass is 10.1. The monoisotopic (exact) mass is 493 g/mol. The smallest absolute Gasteiger partial charge is 0.261 e. The van der Waals surface area contributed by atoms with E-state index < -0.39 is 15.9 Å². The van der Waals surface area contributed by atoms with E-state index in [2.05, 4.69) is 10.0 Å². The molecule has 2 aliphatic rings. The van der Waals surface area contributed by atoms with Crippen LogP contribution in [0.3, 0.4) is 0 Å². The summed E-state index contributed by atoms with van der Waals surface area (Å²) in [6.07, 6.45) is 2.17. The summed E-state index contributed by atoms with van der Waals surface area (Å²) in [5.74, 6) is -0.270. The second-order valence-electron chi connectivity index (χ2n) is 7.97. The van der Waals surface area contributed by atoms with Crippen molar-refractivity contribution in [1.29, 1.82) is 0 Å². The number of fused-ring (bicyclic) bond motifs is 1. The minimum atomic E-state index is -3.89. The Morgan fingerprint density at radius 1 is 1.25 bits per heavy atom. The van der Waals surface area contributed by atoms with E-state index in [9.17, 15) is 18.0 Å². The number of halogens is 1. The van der Waals surface area contributed by atoms with E-state index in [1.165, 1.54) is 23.9 Å². The van der Waals surface area contributed by atoms with Gasteiger partial charge in [0.25, 0.3) is 10.0 Å². The fraction of sp³-hybridized carbons (Fsp3) is 0.364. The maximum Gasteiger partial charge on any atom is 0.261 e. The van der Waals surface area contributed by atoms with Crippen LogP contribution in [0.15, 0.2) is 46.2 Å². The van der Waals surface area contributed by atoms with Crippen molar-refractivity contribution >= 4 is 56.6 Å². The van der Waals surface area contributed by atoms with Crippen LogP contribution in [0.5, 0.6) is 0 Å². The Balaban J connectivity index is 1.51. The fourth-order valence-electron chi connectivity index (χ4n) is 3.78. The zero-order valence-electron chi connectivity index (χ0n) is 17.6. The first-order valence-electron chi connectivity index (χ1n) is 10.4. The molecule has 2 N–H and O–H groups in total. The molecule has 0 aliphatic carbocycles. The van der Waals surface area contributed by atoms with Gasteiger partial charge in [-0.15, -0.1) is 11.8 Å². The van der Waals surface area contributed by atoms with Gasteiger partial charge in [0.2, 0.25) is 11.8 Å². The number of likely N-dealkylation sites (tertiary alicyclic amines) is 1. The first-order valence-corrected chi connectivity index (χ1v) is 13.2. The summed E-state index contributed by atoms with van der Waals surface area (Å²) in [5.41, 5.74) is 1.45. The summed E-state index contributed by atoms with van der Waals surface area (Å²) < 4.78 is 28.5. The van der Waals surface area contributed by atoms with Crippen LogP contribution in [0, 0.1) is 12.8 Å². The highest BCUT2D eigenvalue weighted by atomic mass is 35.5. The number of carbonyl (C=O) groups excluding carboxylic acids is 2. The third-order valence-electron chi connectivity index (χ3n) is 5.72. The molecule has 2 heterocycles. The lowest BCUT2D eigenvalue weighted by molar-refractivity contribution is -0.133. The predicted octanol–water partition coefficient (Wildman–Crippen LogP) is 4.12. The van der Waals surface area contributed by atoms with Crippen molar-refractivity contribution in [2.75, 3.05) is 28.9 Å². The minimum absolute atomic E-state index is 0.00133. The predicted molar refractivity (Wildman–Crippen MR) is 127 cm³/mol. The van der Waals surface area contributed by atoms with Gasteiger partial charge < -0.3 is 10.2 Å². The average molecular weight is 494 g/mol. The van der Waals surface area contributed by atoms with E-state index >= 15 is 0 Å². The van der Waals surface area contributed by atoms with Crippen molar-refractivity contribution in [3.05, 3.63) is 47.0 Å². The normalized spacial score (nSPS) is 18.6. The van der Waals surface area contributed by atoms with Crippen LogP contribution in [-0.2, 0) is 19.6 Å². The highest BCUT2D eigenvalue weighted by molar-refractivity contribution is 7.99. The van der Waals surface area contributed by atoms with Crippen molar-refractivity contribution in [3.63, 3.8) is 0 Å². The molecule has 7 nitrogen and oxygen atoms in total. The van der Waals surface area contributed by atoms with Gasteiger partial charge in [-0.25, -0.2) is 8.42 Å². The number of sulfonamides is 1. The highest BCUT2D eigenvalue weighted by Gasteiger charge is 2.30. The van der Waals surface area contributed by atoms with Gasteiger partial charge in [0.1, 0.15) is 0 Å². The lowest BCUT2D eigenvalue weighted by Crippen LogP contribution is -2.33. The van der Waals surface area contributed by atoms with Gasteiger partial charge in [0.15, 0.2) is 0 Å². The third kappa shape index (κ3) is 4.89. The number of benzene rings is 2. The van der Waals surface area contributed by atoms with Crippen LogP contribution in [0.4, 0.5) is 11.4 Å². The van der Waals surface area contributed by atoms with Crippen molar-refractivity contribution in [2.45, 2.75) is 36.0 Å². The Labute approximate surface area is 196 Å². The molecule has 1 fully saturated rings. The molecule has 32 heavy (non-hydrogen) atoms. The summed E-state index contributed by atoms with van der Waals surface area (Å²) >= 11 is 7.54. The summed E-state index contributed by atoms with van der Waals surface area (Å²) in [6.45, 7) is 3.24. The zero-order chi connectivity index (χ0) is 22.9. The summed E-state index contributed by atoms with van der Waals surface area (Å²) in [6, 6.07) is 9.65. The number of thioether (sulfide) groups is 1. The molecule has 0 aromatic heterocycles. The van der Waals surface area contributed by atoms with Gasteiger partial charge in [0.05, 0.1) is 22.2 Å². The SMILES string of the molecule is Cc1c(Cl)cccc1NS(=O)(=O)c1ccc2c(c1)NC(=O)C(CC(=O)N1CCCC1)CS2. The van der Waals surface area contributed by atoms with E-state index in [0.717, 1.165) is 30.8 Å². The summed E-state index contributed by atoms with van der Waals surface area (Å²) in [5, 5.41) is 3.28. The van der Waals surface area contributed by atoms with E-state index in [1.54, 1.807) is 31.2 Å². The molecule has 2 aliphatic heterocycles. The molecule has 0 spiro atoms. The largest absolute Gasteiger partial charge is 0.343 e. The third-order valence-corrected chi connectivity index (χ3v) is 8.73. The second kappa shape index (κ2) is 9.33. The number of hydrogen-bond acceptors (Lipinski definition) is 5. The van der Waals surface area contributed by atoms with Gasteiger partial charge in [-0.05, 0) is 55.7 Å². The van der Waals surface area contributed by atoms with Gasteiger partial charge in [-0.2, -0.15) is 0 Å². The van der Waals surface area contributed by atoms with Crippen molar-refractivity contribution in [1.82, 2.24) is 4.90 Å². The first-order chi connectivity index (χ1) is 15.2. The van der Waals surface area contributed by atoms with E-state index in [-0.39, 0.29) is 23.1 Å². The van der Waals surface area contributed by atoms with E-state index in [4.69, 9.17) is 11.6 Å². The highest BCUT2D eigenvalue weighted by Crippen LogP contribution is 2.36. The quantitative estimate of drug-likeness (QED) is 0.653. The number of amides is 2. The van der Waals surface area contributed by atoms with Gasteiger partial charge in [-0.1, -0.05) is 17.7 Å². The Kier molecular flexibility index (Phi) is 6.69. The maximum absolute atomic E-state index is 13.0. The lowest BCUT2D eigenvalue weighted by Gasteiger charge is -2.18. The molecule has 1 atom stereocenters. The molecule has 0 radical (unpaired) electrons. The molecule has 4 rings (SSSR count).